The number of hydrogen-bond acceptors (Lipinski definition) is 2. The molecule has 0 aliphatic carbocycles. The molecule has 0 aromatic heterocycles. The fraction of sp³-hybridized carbons (Fsp3) is 0.235. The monoisotopic (exact) mass is 662 g/mol. The van der Waals surface area contributed by atoms with Crippen LogP contribution in [0.25, 0.3) is 0 Å². The van der Waals surface area contributed by atoms with Crippen molar-refractivity contribution in [3.05, 3.63) is 124 Å². The van der Waals surface area contributed by atoms with Gasteiger partial charge in [-0.05, 0) is 63.8 Å². The molecule has 4 aromatic carbocycles. The number of rotatable bonds is 5. The number of halogens is 2. The summed E-state index contributed by atoms with van der Waals surface area (Å²) >= 11 is -1.81. The number of para-hydroxylation sites is 2. The van der Waals surface area contributed by atoms with Crippen molar-refractivity contribution in [1.29, 1.82) is 0 Å². The predicted octanol–water partition coefficient (Wildman–Crippen LogP) is 9.40. The Morgan fingerprint density at radius 3 is 1.60 bits per heavy atom. The van der Waals surface area contributed by atoms with Gasteiger partial charge in [0, 0.05) is 24.5 Å². The van der Waals surface area contributed by atoms with Gasteiger partial charge in [-0.3, -0.25) is 0 Å². The van der Waals surface area contributed by atoms with E-state index in [0.29, 0.717) is 0 Å². The first-order valence-electron chi connectivity index (χ1n) is 13.4. The van der Waals surface area contributed by atoms with Crippen LogP contribution in [0.3, 0.4) is 0 Å². The third-order valence-corrected chi connectivity index (χ3v) is 8.67. The molecule has 1 aliphatic rings. The van der Waals surface area contributed by atoms with Gasteiger partial charge in [-0.15, -0.1) is 0 Å². The van der Waals surface area contributed by atoms with E-state index in [4.69, 9.17) is 19.4 Å². The van der Waals surface area contributed by atoms with E-state index in [1.165, 1.54) is 44.8 Å². The molecule has 1 aliphatic heterocycles. The van der Waals surface area contributed by atoms with E-state index in [9.17, 15) is 0 Å². The van der Waals surface area contributed by atoms with E-state index in [2.05, 4.69) is 87.0 Å². The normalized spacial score (nSPS) is 13.1. The zero-order chi connectivity index (χ0) is 28.8. The van der Waals surface area contributed by atoms with E-state index in [0.717, 1.165) is 30.2 Å². The van der Waals surface area contributed by atoms with Crippen LogP contribution in [0, 0.1) is 48.2 Å². The Morgan fingerprint density at radius 1 is 0.675 bits per heavy atom. The summed E-state index contributed by atoms with van der Waals surface area (Å²) in [5.74, 6) is 1.83. The molecule has 0 spiro atoms. The Labute approximate surface area is 252 Å². The molecule has 6 heteroatoms. The van der Waals surface area contributed by atoms with Gasteiger partial charge in [-0.2, -0.15) is 6.67 Å². The van der Waals surface area contributed by atoms with Gasteiger partial charge in [0.05, 0.1) is 0 Å². The first-order valence-corrected chi connectivity index (χ1v) is 18.8. The SMILES string of the molecule is Cc1cc(C)c(N2[CH-]N(c3c(C)cc(C)cc3C)CC2)c(C)c1.[Cl][Ru]([Cl])=[CH]c1ccccc1[OH+]c1ccccc1. The Balaban J connectivity index is 0.000000194. The quantitative estimate of drug-likeness (QED) is 0.121. The molecule has 0 bridgehead atoms. The van der Waals surface area contributed by atoms with Gasteiger partial charge in [0.1, 0.15) is 0 Å². The van der Waals surface area contributed by atoms with Crippen molar-refractivity contribution in [2.45, 2.75) is 41.5 Å². The Bertz CT molecular complexity index is 1390. The maximum absolute atomic E-state index is 5.90. The van der Waals surface area contributed by atoms with Crippen LogP contribution in [-0.4, -0.2) is 22.4 Å². The second-order valence-electron chi connectivity index (χ2n) is 10.3. The van der Waals surface area contributed by atoms with Crippen LogP contribution in [0.5, 0.6) is 11.5 Å². The van der Waals surface area contributed by atoms with E-state index >= 15 is 0 Å². The standard InChI is InChI=1S/C21H27N2.C13H10O.2ClH.Ru/c1-14-9-16(3)20(17(4)10-14)22-7-8-23(13-22)21-18(5)11-15(2)12-19(21)6;1-11-7-5-6-10-13(11)14-12-8-3-2-4-9-12;;;/h9-13H,7-8H2,1-6H3;1-10H;2*1H;/q-1;;;;+2/p-1. The molecule has 40 heavy (non-hydrogen) atoms. The van der Waals surface area contributed by atoms with Crippen LogP contribution < -0.4 is 9.80 Å². The van der Waals surface area contributed by atoms with Crippen LogP contribution in [0.15, 0.2) is 78.9 Å². The molecule has 1 saturated heterocycles. The Morgan fingerprint density at radius 2 is 1.12 bits per heavy atom. The predicted molar refractivity (Wildman–Crippen MR) is 171 cm³/mol. The summed E-state index contributed by atoms with van der Waals surface area (Å²) in [4.78, 5) is 4.81. The van der Waals surface area contributed by atoms with Crippen molar-refractivity contribution >= 4 is 35.4 Å². The van der Waals surface area contributed by atoms with Crippen molar-refractivity contribution in [3.8, 4) is 11.5 Å². The Kier molecular flexibility index (Phi) is 10.5. The average Bonchev–Trinajstić information content (AvgIpc) is 3.34. The van der Waals surface area contributed by atoms with E-state index in [1.807, 2.05) is 59.2 Å². The van der Waals surface area contributed by atoms with Crippen LogP contribution >= 0.6 is 19.4 Å². The molecular weight excluding hydrogens is 624 g/mol. The summed E-state index contributed by atoms with van der Waals surface area (Å²) in [5, 5.41) is 0. The van der Waals surface area contributed by atoms with Gasteiger partial charge in [0.2, 0.25) is 0 Å². The van der Waals surface area contributed by atoms with Crippen LogP contribution in [-0.2, 0) is 13.5 Å². The molecule has 3 nitrogen and oxygen atoms in total. The zero-order valence-corrected chi connectivity index (χ0v) is 27.3. The number of benzene rings is 4. The number of anilines is 2. The van der Waals surface area contributed by atoms with E-state index in [1.54, 1.807) is 0 Å². The van der Waals surface area contributed by atoms with E-state index < -0.39 is 13.5 Å². The molecule has 0 amide bonds. The molecule has 0 saturated carbocycles. The molecule has 5 rings (SSSR count). The molecule has 0 radical (unpaired) electrons. The van der Waals surface area contributed by atoms with Crippen LogP contribution in [0.4, 0.5) is 11.4 Å². The number of aromatic hydroxyl groups is 2. The number of ether oxygens (including phenoxy) is 1. The number of nitrogens with zero attached hydrogens (tertiary/aromatic N) is 2. The van der Waals surface area contributed by atoms with Crippen LogP contribution in [0.2, 0.25) is 0 Å². The fourth-order valence-electron chi connectivity index (χ4n) is 5.49. The summed E-state index contributed by atoms with van der Waals surface area (Å²) in [6.07, 6.45) is 0. The minimum atomic E-state index is -1.81. The molecule has 0 unspecified atom stereocenters. The van der Waals surface area contributed by atoms with Gasteiger partial charge in [-0.25, -0.2) is 0 Å². The third kappa shape index (κ3) is 7.75. The van der Waals surface area contributed by atoms with Crippen molar-refractivity contribution in [2.24, 2.45) is 0 Å². The molecular formula is C34H38Cl2N2ORu. The first kappa shape index (κ1) is 30.3. The van der Waals surface area contributed by atoms with Crippen molar-refractivity contribution < 1.29 is 18.3 Å². The van der Waals surface area contributed by atoms with E-state index in [-0.39, 0.29) is 0 Å². The van der Waals surface area contributed by atoms with Gasteiger partial charge in [0.15, 0.2) is 0 Å². The second-order valence-corrected chi connectivity index (χ2v) is 16.0. The molecule has 4 aromatic rings. The first-order chi connectivity index (χ1) is 19.1. The third-order valence-electron chi connectivity index (χ3n) is 6.84. The summed E-state index contributed by atoms with van der Waals surface area (Å²) in [6.45, 7) is 17.6. The van der Waals surface area contributed by atoms with Crippen LogP contribution in [0.1, 0.15) is 38.9 Å². The molecule has 212 valence electrons. The fourth-order valence-corrected chi connectivity index (χ4v) is 7.31. The summed E-state index contributed by atoms with van der Waals surface area (Å²) < 4.78 is 6.48. The summed E-state index contributed by atoms with van der Waals surface area (Å²) in [5.41, 5.74) is 11.8. The van der Waals surface area contributed by atoms with Crippen molar-refractivity contribution in [3.63, 3.8) is 0 Å². The minimum absolute atomic E-state index is 0.902. The molecule has 1 fully saturated rings. The molecule has 0 atom stereocenters. The second kappa shape index (κ2) is 13.8. The van der Waals surface area contributed by atoms with Crippen molar-refractivity contribution in [1.82, 2.24) is 0 Å². The maximum atomic E-state index is 5.90. The average molecular weight is 663 g/mol. The van der Waals surface area contributed by atoms with Crippen molar-refractivity contribution in [2.75, 3.05) is 22.9 Å². The van der Waals surface area contributed by atoms with Gasteiger partial charge in [0.25, 0.3) is 0 Å². The molecule has 1 heterocycles. The topological polar surface area (TPSA) is 19.3 Å². The number of hydrogen-bond donors (Lipinski definition) is 0. The summed E-state index contributed by atoms with van der Waals surface area (Å²) in [6, 6.07) is 26.8. The Hall–Kier alpha value is -2.65. The molecule has 1 N–H and O–H groups in total. The zero-order valence-electron chi connectivity index (χ0n) is 24.0. The van der Waals surface area contributed by atoms with Gasteiger partial charge in [-0.1, -0.05) is 35.4 Å². The van der Waals surface area contributed by atoms with Gasteiger partial charge >= 0.3 is 114 Å². The van der Waals surface area contributed by atoms with Gasteiger partial charge < -0.3 is 9.80 Å². The number of aryl methyl sites for hydroxylation is 6. The summed E-state index contributed by atoms with van der Waals surface area (Å²) in [7, 11) is 11.8.